The number of carbonyl (C=O) groups excluding carboxylic acids is 1. The van der Waals surface area contributed by atoms with Gasteiger partial charge in [-0.1, -0.05) is 17.2 Å². The van der Waals surface area contributed by atoms with Crippen molar-refractivity contribution in [3.8, 4) is 0 Å². The Bertz CT molecular complexity index is 366. The van der Waals surface area contributed by atoms with Crippen LogP contribution in [0, 0.1) is 0 Å². The van der Waals surface area contributed by atoms with Crippen LogP contribution in [0.1, 0.15) is 15.9 Å². The highest BCUT2D eigenvalue weighted by atomic mass is 16.5. The van der Waals surface area contributed by atoms with Crippen molar-refractivity contribution in [2.75, 3.05) is 7.11 Å². The van der Waals surface area contributed by atoms with E-state index in [2.05, 4.69) is 14.8 Å². The molecule has 0 saturated heterocycles. The number of azide groups is 1. The highest BCUT2D eigenvalue weighted by molar-refractivity contribution is 5.89. The fraction of sp³-hybridized carbons (Fsp3) is 0.222. The van der Waals surface area contributed by atoms with Crippen molar-refractivity contribution in [2.24, 2.45) is 5.11 Å². The number of hydrogen-bond acceptors (Lipinski definition) is 3. The van der Waals surface area contributed by atoms with Crippen LogP contribution >= 0.6 is 0 Å². The van der Waals surface area contributed by atoms with Gasteiger partial charge in [-0.15, -0.1) is 0 Å². The number of methoxy groups -OCH3 is 1. The standard InChI is InChI=1S/C9H9N3O2/c1-14-9(13)8-4-2-7(3-5-8)6-11-12-10/h2-5H,6H2,1H3. The van der Waals surface area contributed by atoms with Crippen molar-refractivity contribution in [3.63, 3.8) is 0 Å². The second kappa shape index (κ2) is 4.89. The van der Waals surface area contributed by atoms with Crippen LogP contribution in [0.3, 0.4) is 0 Å². The molecule has 0 atom stereocenters. The zero-order chi connectivity index (χ0) is 10.4. The summed E-state index contributed by atoms with van der Waals surface area (Å²) in [4.78, 5) is 13.7. The first-order valence-electron chi connectivity index (χ1n) is 3.96. The van der Waals surface area contributed by atoms with Crippen molar-refractivity contribution < 1.29 is 9.53 Å². The normalized spacial score (nSPS) is 8.93. The molecule has 0 heterocycles. The third-order valence-electron chi connectivity index (χ3n) is 1.69. The van der Waals surface area contributed by atoms with E-state index >= 15 is 0 Å². The molecule has 0 aliphatic rings. The van der Waals surface area contributed by atoms with Crippen molar-refractivity contribution in [2.45, 2.75) is 6.54 Å². The summed E-state index contributed by atoms with van der Waals surface area (Å²) < 4.78 is 4.54. The molecule has 0 amide bonds. The van der Waals surface area contributed by atoms with E-state index in [4.69, 9.17) is 5.53 Å². The van der Waals surface area contributed by atoms with E-state index in [9.17, 15) is 4.79 Å². The minimum absolute atomic E-state index is 0.290. The number of benzene rings is 1. The molecule has 0 saturated carbocycles. The second-order valence-corrected chi connectivity index (χ2v) is 2.58. The van der Waals surface area contributed by atoms with Crippen molar-refractivity contribution in [1.82, 2.24) is 0 Å². The van der Waals surface area contributed by atoms with Gasteiger partial charge in [-0.2, -0.15) is 0 Å². The molecule has 0 N–H and O–H groups in total. The van der Waals surface area contributed by atoms with E-state index in [1.165, 1.54) is 7.11 Å². The lowest BCUT2D eigenvalue weighted by molar-refractivity contribution is 0.0600. The molecular weight excluding hydrogens is 182 g/mol. The molecule has 14 heavy (non-hydrogen) atoms. The summed E-state index contributed by atoms with van der Waals surface area (Å²) in [7, 11) is 1.33. The van der Waals surface area contributed by atoms with E-state index in [1.54, 1.807) is 24.3 Å². The summed E-state index contributed by atoms with van der Waals surface area (Å²) >= 11 is 0. The molecule has 0 fully saturated rings. The minimum atomic E-state index is -0.375. The molecule has 0 aliphatic carbocycles. The average Bonchev–Trinajstić information content (AvgIpc) is 2.26. The van der Waals surface area contributed by atoms with Gasteiger partial charge in [0.2, 0.25) is 0 Å². The lowest BCUT2D eigenvalue weighted by atomic mass is 10.1. The van der Waals surface area contributed by atoms with E-state index < -0.39 is 0 Å². The SMILES string of the molecule is COC(=O)c1ccc(CN=[N+]=[N-])cc1. The summed E-state index contributed by atoms with van der Waals surface area (Å²) in [5.41, 5.74) is 9.43. The van der Waals surface area contributed by atoms with Gasteiger partial charge in [-0.3, -0.25) is 0 Å². The maximum Gasteiger partial charge on any atom is 0.337 e. The predicted molar refractivity (Wildman–Crippen MR) is 50.6 cm³/mol. The summed E-state index contributed by atoms with van der Waals surface area (Å²) in [6, 6.07) is 6.71. The predicted octanol–water partition coefficient (Wildman–Crippen LogP) is 2.28. The van der Waals surface area contributed by atoms with Crippen LogP contribution in [-0.4, -0.2) is 13.1 Å². The Morgan fingerprint density at radius 1 is 1.50 bits per heavy atom. The van der Waals surface area contributed by atoms with Crippen molar-refractivity contribution in [1.29, 1.82) is 0 Å². The number of ether oxygens (including phenoxy) is 1. The first kappa shape index (κ1) is 10.1. The van der Waals surface area contributed by atoms with E-state index in [0.717, 1.165) is 5.56 Å². The van der Waals surface area contributed by atoms with Crippen molar-refractivity contribution >= 4 is 5.97 Å². The molecule has 0 aliphatic heterocycles. The third kappa shape index (κ3) is 2.50. The van der Waals surface area contributed by atoms with Gasteiger partial charge in [0.05, 0.1) is 19.2 Å². The first-order chi connectivity index (χ1) is 6.77. The number of nitrogens with zero attached hydrogens (tertiary/aromatic N) is 3. The van der Waals surface area contributed by atoms with Gasteiger partial charge in [-0.25, -0.2) is 4.79 Å². The Morgan fingerprint density at radius 2 is 2.14 bits per heavy atom. The largest absolute Gasteiger partial charge is 0.465 e. The van der Waals surface area contributed by atoms with Gasteiger partial charge >= 0.3 is 5.97 Å². The maximum atomic E-state index is 11.0. The molecule has 0 radical (unpaired) electrons. The lowest BCUT2D eigenvalue weighted by Crippen LogP contribution is -2.00. The van der Waals surface area contributed by atoms with Gasteiger partial charge in [0.15, 0.2) is 0 Å². The van der Waals surface area contributed by atoms with E-state index in [1.807, 2.05) is 0 Å². The summed E-state index contributed by atoms with van der Waals surface area (Å²) in [6.45, 7) is 0.290. The molecule has 0 spiro atoms. The summed E-state index contributed by atoms with van der Waals surface area (Å²) in [5.74, 6) is -0.375. The smallest absolute Gasteiger partial charge is 0.337 e. The number of carbonyl (C=O) groups is 1. The number of hydrogen-bond donors (Lipinski definition) is 0. The van der Waals surface area contributed by atoms with Gasteiger partial charge in [0, 0.05) is 4.91 Å². The quantitative estimate of drug-likeness (QED) is 0.318. The molecular formula is C9H9N3O2. The Hall–Kier alpha value is -2.00. The summed E-state index contributed by atoms with van der Waals surface area (Å²) in [5, 5.41) is 3.40. The molecule has 1 aromatic carbocycles. The van der Waals surface area contributed by atoms with E-state index in [-0.39, 0.29) is 12.5 Å². The number of esters is 1. The minimum Gasteiger partial charge on any atom is -0.465 e. The van der Waals surface area contributed by atoms with Crippen LogP contribution in [0.25, 0.3) is 10.4 Å². The third-order valence-corrected chi connectivity index (χ3v) is 1.69. The fourth-order valence-electron chi connectivity index (χ4n) is 0.977. The molecule has 5 heteroatoms. The Kier molecular flexibility index (Phi) is 3.52. The van der Waals surface area contributed by atoms with Crippen LogP contribution in [0.15, 0.2) is 29.4 Å². The van der Waals surface area contributed by atoms with E-state index in [0.29, 0.717) is 5.56 Å². The Morgan fingerprint density at radius 3 is 2.64 bits per heavy atom. The van der Waals surface area contributed by atoms with Gasteiger partial charge in [0.1, 0.15) is 0 Å². The average molecular weight is 191 g/mol. The maximum absolute atomic E-state index is 11.0. The monoisotopic (exact) mass is 191 g/mol. The highest BCUT2D eigenvalue weighted by Crippen LogP contribution is 2.06. The van der Waals surface area contributed by atoms with Crippen LogP contribution < -0.4 is 0 Å². The molecule has 5 nitrogen and oxygen atoms in total. The van der Waals surface area contributed by atoms with Crippen LogP contribution in [-0.2, 0) is 11.3 Å². The van der Waals surface area contributed by atoms with Crippen LogP contribution in [0.2, 0.25) is 0 Å². The zero-order valence-corrected chi connectivity index (χ0v) is 7.67. The molecule has 0 bridgehead atoms. The molecule has 0 aromatic heterocycles. The van der Waals surface area contributed by atoms with Crippen molar-refractivity contribution in [3.05, 3.63) is 45.8 Å². The van der Waals surface area contributed by atoms with Crippen LogP contribution in [0.5, 0.6) is 0 Å². The summed E-state index contributed by atoms with van der Waals surface area (Å²) in [6.07, 6.45) is 0. The first-order valence-corrected chi connectivity index (χ1v) is 3.96. The van der Waals surface area contributed by atoms with Crippen LogP contribution in [0.4, 0.5) is 0 Å². The Balaban J connectivity index is 2.78. The van der Waals surface area contributed by atoms with Gasteiger partial charge in [-0.05, 0) is 23.2 Å². The molecule has 0 unspecified atom stereocenters. The fourth-order valence-corrected chi connectivity index (χ4v) is 0.977. The second-order valence-electron chi connectivity index (χ2n) is 2.58. The van der Waals surface area contributed by atoms with Gasteiger partial charge in [0.25, 0.3) is 0 Å². The van der Waals surface area contributed by atoms with Gasteiger partial charge < -0.3 is 4.74 Å². The molecule has 1 aromatic rings. The highest BCUT2D eigenvalue weighted by Gasteiger charge is 2.03. The zero-order valence-electron chi connectivity index (χ0n) is 7.67. The Labute approximate surface area is 80.9 Å². The lowest BCUT2D eigenvalue weighted by Gasteiger charge is -1.99. The molecule has 1 rings (SSSR count). The topological polar surface area (TPSA) is 75.1 Å². The molecule has 72 valence electrons. The number of rotatable bonds is 3.